The lowest BCUT2D eigenvalue weighted by atomic mass is 10.1. The highest BCUT2D eigenvalue weighted by Gasteiger charge is 2.05. The minimum Gasteiger partial charge on any atom is -0.489 e. The molecule has 0 heterocycles. The van der Waals surface area contributed by atoms with Crippen molar-refractivity contribution in [2.24, 2.45) is 0 Å². The van der Waals surface area contributed by atoms with Gasteiger partial charge in [-0.3, -0.25) is 0 Å². The van der Waals surface area contributed by atoms with Gasteiger partial charge >= 0.3 is 0 Å². The van der Waals surface area contributed by atoms with E-state index in [9.17, 15) is 4.39 Å². The van der Waals surface area contributed by atoms with Crippen LogP contribution < -0.4 is 4.74 Å². The van der Waals surface area contributed by atoms with Gasteiger partial charge in [-0.05, 0) is 35.7 Å². The summed E-state index contributed by atoms with van der Waals surface area (Å²) in [6, 6.07) is 14.4. The summed E-state index contributed by atoms with van der Waals surface area (Å²) in [5, 5.41) is 0. The number of aryl methyl sites for hydroxylation is 1. The molecule has 0 bridgehead atoms. The second kappa shape index (κ2) is 6.61. The molecule has 0 radical (unpaired) electrons. The molecule has 0 atom stereocenters. The number of hydrogen-bond donors (Lipinski definition) is 0. The Morgan fingerprint density at radius 1 is 1.11 bits per heavy atom. The van der Waals surface area contributed by atoms with Crippen LogP contribution in [0, 0.1) is 18.2 Å². The molecule has 2 rings (SSSR count). The van der Waals surface area contributed by atoms with Crippen LogP contribution in [0.15, 0.2) is 48.5 Å². The molecule has 0 unspecified atom stereocenters. The van der Waals surface area contributed by atoms with Gasteiger partial charge in [-0.25, -0.2) is 4.39 Å². The Kier molecular flexibility index (Phi) is 4.58. The van der Waals surface area contributed by atoms with E-state index in [1.165, 1.54) is 12.1 Å². The first-order chi connectivity index (χ1) is 9.29. The Bertz CT molecular complexity index is 570. The zero-order chi connectivity index (χ0) is 13.5. The number of hydrogen-bond acceptors (Lipinski definition) is 1. The van der Waals surface area contributed by atoms with E-state index in [1.807, 2.05) is 30.3 Å². The average molecular weight is 254 g/mol. The van der Waals surface area contributed by atoms with Crippen LogP contribution in [0.3, 0.4) is 0 Å². The Morgan fingerprint density at radius 3 is 2.63 bits per heavy atom. The summed E-state index contributed by atoms with van der Waals surface area (Å²) in [5.74, 6) is 2.99. The van der Waals surface area contributed by atoms with E-state index in [1.54, 1.807) is 6.07 Å². The molecule has 1 nitrogen and oxygen atoms in total. The fraction of sp³-hybridized carbons (Fsp3) is 0.176. The van der Waals surface area contributed by atoms with E-state index in [-0.39, 0.29) is 5.82 Å². The van der Waals surface area contributed by atoms with E-state index in [0.717, 1.165) is 11.1 Å². The number of terminal acetylenes is 1. The van der Waals surface area contributed by atoms with Gasteiger partial charge in [0.05, 0.1) is 0 Å². The molecular weight excluding hydrogens is 239 g/mol. The van der Waals surface area contributed by atoms with Gasteiger partial charge in [-0.15, -0.1) is 12.3 Å². The number of halogens is 1. The largest absolute Gasteiger partial charge is 0.489 e. The lowest BCUT2D eigenvalue weighted by molar-refractivity contribution is 0.302. The number of ether oxygens (including phenoxy) is 1. The molecule has 96 valence electrons. The molecule has 0 aliphatic heterocycles. The lowest BCUT2D eigenvalue weighted by Gasteiger charge is -2.11. The van der Waals surface area contributed by atoms with Crippen molar-refractivity contribution >= 4 is 0 Å². The summed E-state index contributed by atoms with van der Waals surface area (Å²) >= 11 is 0. The predicted molar refractivity (Wildman–Crippen MR) is 74.3 cm³/mol. The topological polar surface area (TPSA) is 9.23 Å². The van der Waals surface area contributed by atoms with Crippen LogP contribution in [0.2, 0.25) is 0 Å². The third-order valence-electron chi connectivity index (χ3n) is 2.80. The zero-order valence-corrected chi connectivity index (χ0v) is 10.6. The van der Waals surface area contributed by atoms with Gasteiger partial charge in [0.25, 0.3) is 0 Å². The highest BCUT2D eigenvalue weighted by atomic mass is 19.1. The summed E-state index contributed by atoms with van der Waals surface area (Å²) in [6.45, 7) is 0.468. The maximum atomic E-state index is 13.2. The van der Waals surface area contributed by atoms with Crippen LogP contribution in [0.25, 0.3) is 0 Å². The molecule has 0 aliphatic rings. The SMILES string of the molecule is C#CCCc1cc(F)ccc1OCc1ccccc1. The lowest BCUT2D eigenvalue weighted by Crippen LogP contribution is -1.99. The van der Waals surface area contributed by atoms with E-state index >= 15 is 0 Å². The van der Waals surface area contributed by atoms with Crippen molar-refractivity contribution in [1.82, 2.24) is 0 Å². The number of benzene rings is 2. The van der Waals surface area contributed by atoms with Crippen LogP contribution in [-0.4, -0.2) is 0 Å². The molecule has 0 amide bonds. The highest BCUT2D eigenvalue weighted by molar-refractivity contribution is 5.34. The molecule has 0 aliphatic carbocycles. The molecule has 2 aromatic carbocycles. The van der Waals surface area contributed by atoms with Gasteiger partial charge < -0.3 is 4.74 Å². The summed E-state index contributed by atoms with van der Waals surface area (Å²) in [5.41, 5.74) is 1.89. The maximum Gasteiger partial charge on any atom is 0.123 e. The van der Waals surface area contributed by atoms with Gasteiger partial charge in [-0.2, -0.15) is 0 Å². The smallest absolute Gasteiger partial charge is 0.123 e. The molecule has 0 aromatic heterocycles. The third-order valence-corrected chi connectivity index (χ3v) is 2.80. The second-order valence-electron chi connectivity index (χ2n) is 4.23. The van der Waals surface area contributed by atoms with Crippen LogP contribution in [0.1, 0.15) is 17.5 Å². The van der Waals surface area contributed by atoms with Crippen molar-refractivity contribution in [1.29, 1.82) is 0 Å². The second-order valence-corrected chi connectivity index (χ2v) is 4.23. The van der Waals surface area contributed by atoms with E-state index < -0.39 is 0 Å². The molecule has 0 spiro atoms. The first-order valence-corrected chi connectivity index (χ1v) is 6.18. The van der Waals surface area contributed by atoms with Crippen LogP contribution in [0.4, 0.5) is 4.39 Å². The Balaban J connectivity index is 2.09. The van der Waals surface area contributed by atoms with Crippen molar-refractivity contribution in [2.75, 3.05) is 0 Å². The van der Waals surface area contributed by atoms with Crippen LogP contribution >= 0.6 is 0 Å². The normalized spacial score (nSPS) is 9.89. The van der Waals surface area contributed by atoms with Crippen molar-refractivity contribution in [2.45, 2.75) is 19.4 Å². The molecule has 0 N–H and O–H groups in total. The summed E-state index contributed by atoms with van der Waals surface area (Å²) in [4.78, 5) is 0. The van der Waals surface area contributed by atoms with Crippen LogP contribution in [0.5, 0.6) is 5.75 Å². The van der Waals surface area contributed by atoms with E-state index in [2.05, 4.69) is 5.92 Å². The van der Waals surface area contributed by atoms with Gasteiger partial charge in [-0.1, -0.05) is 30.3 Å². The standard InChI is InChI=1S/C17H15FO/c1-2-3-9-15-12-16(18)10-11-17(15)19-13-14-7-5-4-6-8-14/h1,4-8,10-12H,3,9,13H2. The quantitative estimate of drug-likeness (QED) is 0.734. The summed E-state index contributed by atoms with van der Waals surface area (Å²) in [7, 11) is 0. The number of rotatable bonds is 5. The maximum absolute atomic E-state index is 13.2. The zero-order valence-electron chi connectivity index (χ0n) is 10.6. The molecule has 2 aromatic rings. The van der Waals surface area contributed by atoms with Crippen molar-refractivity contribution in [3.63, 3.8) is 0 Å². The van der Waals surface area contributed by atoms with Gasteiger partial charge in [0, 0.05) is 6.42 Å². The van der Waals surface area contributed by atoms with Gasteiger partial charge in [0.2, 0.25) is 0 Å². The first-order valence-electron chi connectivity index (χ1n) is 6.18. The highest BCUT2D eigenvalue weighted by Crippen LogP contribution is 2.22. The van der Waals surface area contributed by atoms with E-state index in [0.29, 0.717) is 25.2 Å². The molecule has 0 fully saturated rings. The van der Waals surface area contributed by atoms with E-state index in [4.69, 9.17) is 11.2 Å². The Morgan fingerprint density at radius 2 is 1.89 bits per heavy atom. The molecule has 0 saturated carbocycles. The first kappa shape index (κ1) is 13.2. The predicted octanol–water partition coefficient (Wildman–Crippen LogP) is 3.97. The minimum atomic E-state index is -0.265. The minimum absolute atomic E-state index is 0.265. The molecule has 19 heavy (non-hydrogen) atoms. The molecule has 2 heteroatoms. The van der Waals surface area contributed by atoms with Gasteiger partial charge in [0.1, 0.15) is 18.2 Å². The van der Waals surface area contributed by atoms with Gasteiger partial charge in [0.15, 0.2) is 0 Å². The molecular formula is C17H15FO. The fourth-order valence-corrected chi connectivity index (χ4v) is 1.83. The Hall–Kier alpha value is -2.27. The van der Waals surface area contributed by atoms with Crippen molar-refractivity contribution in [3.8, 4) is 18.1 Å². The molecule has 0 saturated heterocycles. The van der Waals surface area contributed by atoms with Crippen molar-refractivity contribution < 1.29 is 9.13 Å². The average Bonchev–Trinajstić information content (AvgIpc) is 2.45. The van der Waals surface area contributed by atoms with Crippen molar-refractivity contribution in [3.05, 3.63) is 65.5 Å². The summed E-state index contributed by atoms with van der Waals surface area (Å²) in [6.07, 6.45) is 6.44. The monoisotopic (exact) mass is 254 g/mol. The third kappa shape index (κ3) is 3.86. The summed E-state index contributed by atoms with van der Waals surface area (Å²) < 4.78 is 19.0. The fourth-order valence-electron chi connectivity index (χ4n) is 1.83. The van der Waals surface area contributed by atoms with Crippen LogP contribution in [-0.2, 0) is 13.0 Å². The Labute approximate surface area is 113 Å².